The molecule has 0 fully saturated rings. The number of likely N-dealkylation sites (N-methyl/N-ethyl adjacent to an activating group) is 1. The second kappa shape index (κ2) is 8.30. The highest BCUT2D eigenvalue weighted by Gasteiger charge is 2.11. The summed E-state index contributed by atoms with van der Waals surface area (Å²) in [5.41, 5.74) is 0.894. The van der Waals surface area contributed by atoms with Crippen LogP contribution in [0.3, 0.4) is 0 Å². The van der Waals surface area contributed by atoms with Gasteiger partial charge in [0.15, 0.2) is 0 Å². The number of benzene rings is 2. The second-order valence-electron chi connectivity index (χ2n) is 5.64. The summed E-state index contributed by atoms with van der Waals surface area (Å²) < 4.78 is 16.2. The Morgan fingerprint density at radius 3 is 2.48 bits per heavy atom. The highest BCUT2D eigenvalue weighted by atomic mass is 16.5. The highest BCUT2D eigenvalue weighted by Crippen LogP contribution is 2.20. The van der Waals surface area contributed by atoms with Crippen molar-refractivity contribution in [2.24, 2.45) is 0 Å². The van der Waals surface area contributed by atoms with Crippen molar-refractivity contribution in [3.8, 4) is 22.9 Å². The predicted octanol–water partition coefficient (Wildman–Crippen LogP) is 3.26. The molecule has 6 nitrogen and oxygen atoms in total. The van der Waals surface area contributed by atoms with Crippen LogP contribution in [0, 0.1) is 0 Å². The number of rotatable bonds is 8. The van der Waals surface area contributed by atoms with E-state index in [0.29, 0.717) is 24.9 Å². The molecule has 0 aliphatic carbocycles. The Labute approximate surface area is 147 Å². The number of methoxy groups -OCH3 is 1. The molecule has 0 atom stereocenters. The Morgan fingerprint density at radius 2 is 1.76 bits per heavy atom. The molecule has 0 spiro atoms. The van der Waals surface area contributed by atoms with E-state index in [4.69, 9.17) is 14.0 Å². The van der Waals surface area contributed by atoms with E-state index in [-0.39, 0.29) is 0 Å². The molecule has 3 aromatic rings. The van der Waals surface area contributed by atoms with Crippen molar-refractivity contribution in [3.05, 3.63) is 60.5 Å². The Bertz CT molecular complexity index is 772. The number of para-hydroxylation sites is 1. The molecule has 0 aliphatic heterocycles. The van der Waals surface area contributed by atoms with Gasteiger partial charge < -0.3 is 14.0 Å². The van der Waals surface area contributed by atoms with Gasteiger partial charge in [-0.25, -0.2) is 0 Å². The predicted molar refractivity (Wildman–Crippen MR) is 94.6 cm³/mol. The van der Waals surface area contributed by atoms with Crippen LogP contribution in [0.4, 0.5) is 0 Å². The van der Waals surface area contributed by atoms with Gasteiger partial charge in [0.05, 0.1) is 13.7 Å². The molecule has 1 aromatic heterocycles. The molecule has 0 bridgehead atoms. The summed E-state index contributed by atoms with van der Waals surface area (Å²) in [6.45, 7) is 1.93. The average molecular weight is 339 g/mol. The molecular weight excluding hydrogens is 318 g/mol. The van der Waals surface area contributed by atoms with Crippen molar-refractivity contribution in [2.75, 3.05) is 27.3 Å². The molecule has 25 heavy (non-hydrogen) atoms. The van der Waals surface area contributed by atoms with Gasteiger partial charge in [0, 0.05) is 12.1 Å². The van der Waals surface area contributed by atoms with Crippen LogP contribution in [0.5, 0.6) is 11.5 Å². The fourth-order valence-corrected chi connectivity index (χ4v) is 2.32. The van der Waals surface area contributed by atoms with E-state index in [2.05, 4.69) is 15.0 Å². The molecule has 0 amide bonds. The lowest BCUT2D eigenvalue weighted by Crippen LogP contribution is -2.24. The van der Waals surface area contributed by atoms with E-state index in [1.54, 1.807) is 7.11 Å². The quantitative estimate of drug-likeness (QED) is 0.628. The summed E-state index contributed by atoms with van der Waals surface area (Å²) in [6.07, 6.45) is 0. The van der Waals surface area contributed by atoms with Gasteiger partial charge in [-0.15, -0.1) is 0 Å². The molecule has 0 saturated carbocycles. The third-order valence-corrected chi connectivity index (χ3v) is 3.71. The summed E-state index contributed by atoms with van der Waals surface area (Å²) in [4.78, 5) is 6.52. The minimum absolute atomic E-state index is 0.571. The molecule has 3 rings (SSSR count). The number of ether oxygens (including phenoxy) is 2. The first-order valence-corrected chi connectivity index (χ1v) is 8.08. The second-order valence-corrected chi connectivity index (χ2v) is 5.64. The average Bonchev–Trinajstić information content (AvgIpc) is 3.11. The SMILES string of the molecule is COc1ccc(-c2noc(CN(C)CCOc3ccccc3)n2)cc1. The van der Waals surface area contributed by atoms with Crippen LogP contribution in [0.15, 0.2) is 59.1 Å². The van der Waals surface area contributed by atoms with Crippen molar-refractivity contribution in [1.29, 1.82) is 0 Å². The van der Waals surface area contributed by atoms with Crippen LogP contribution < -0.4 is 9.47 Å². The van der Waals surface area contributed by atoms with Gasteiger partial charge in [-0.05, 0) is 43.4 Å². The summed E-state index contributed by atoms with van der Waals surface area (Å²) in [7, 11) is 3.63. The van der Waals surface area contributed by atoms with E-state index >= 15 is 0 Å². The van der Waals surface area contributed by atoms with Crippen molar-refractivity contribution in [3.63, 3.8) is 0 Å². The zero-order valence-corrected chi connectivity index (χ0v) is 14.4. The minimum Gasteiger partial charge on any atom is -0.497 e. The topological polar surface area (TPSA) is 60.6 Å². The van der Waals surface area contributed by atoms with Gasteiger partial charge in [0.25, 0.3) is 0 Å². The first kappa shape index (κ1) is 17.0. The summed E-state index contributed by atoms with van der Waals surface area (Å²) >= 11 is 0. The minimum atomic E-state index is 0.571. The lowest BCUT2D eigenvalue weighted by Gasteiger charge is -2.14. The third-order valence-electron chi connectivity index (χ3n) is 3.71. The molecule has 1 heterocycles. The fourth-order valence-electron chi connectivity index (χ4n) is 2.32. The monoisotopic (exact) mass is 339 g/mol. The number of nitrogens with zero attached hydrogens (tertiary/aromatic N) is 3. The zero-order chi connectivity index (χ0) is 17.5. The summed E-state index contributed by atoms with van der Waals surface area (Å²) in [6, 6.07) is 17.3. The van der Waals surface area contributed by atoms with Crippen molar-refractivity contribution in [1.82, 2.24) is 15.0 Å². The van der Waals surface area contributed by atoms with Gasteiger partial charge in [-0.2, -0.15) is 4.98 Å². The maximum absolute atomic E-state index is 5.69. The zero-order valence-electron chi connectivity index (χ0n) is 14.4. The smallest absolute Gasteiger partial charge is 0.241 e. The lowest BCUT2D eigenvalue weighted by molar-refractivity contribution is 0.213. The first-order valence-electron chi connectivity index (χ1n) is 8.08. The molecule has 2 aromatic carbocycles. The fraction of sp³-hybridized carbons (Fsp3) is 0.263. The molecule has 0 radical (unpaired) electrons. The van der Waals surface area contributed by atoms with Crippen LogP contribution >= 0.6 is 0 Å². The van der Waals surface area contributed by atoms with Crippen molar-refractivity contribution >= 4 is 0 Å². The Hall–Kier alpha value is -2.86. The summed E-state index contributed by atoms with van der Waals surface area (Å²) in [5, 5.41) is 4.04. The third kappa shape index (κ3) is 4.81. The molecule has 0 unspecified atom stereocenters. The largest absolute Gasteiger partial charge is 0.497 e. The molecular formula is C19H21N3O3. The number of hydrogen-bond donors (Lipinski definition) is 0. The van der Waals surface area contributed by atoms with Gasteiger partial charge >= 0.3 is 0 Å². The molecule has 130 valence electrons. The Kier molecular flexibility index (Phi) is 5.64. The van der Waals surface area contributed by atoms with E-state index < -0.39 is 0 Å². The Morgan fingerprint density at radius 1 is 1.00 bits per heavy atom. The number of aromatic nitrogens is 2. The Balaban J connectivity index is 1.50. The maximum Gasteiger partial charge on any atom is 0.241 e. The van der Waals surface area contributed by atoms with Crippen molar-refractivity contribution < 1.29 is 14.0 Å². The highest BCUT2D eigenvalue weighted by molar-refractivity contribution is 5.55. The van der Waals surface area contributed by atoms with Crippen LogP contribution in [0.1, 0.15) is 5.89 Å². The van der Waals surface area contributed by atoms with Gasteiger partial charge in [-0.3, -0.25) is 4.90 Å². The van der Waals surface area contributed by atoms with E-state index in [0.717, 1.165) is 23.6 Å². The van der Waals surface area contributed by atoms with E-state index in [1.165, 1.54) is 0 Å². The van der Waals surface area contributed by atoms with Gasteiger partial charge in [0.1, 0.15) is 18.1 Å². The van der Waals surface area contributed by atoms with Crippen LogP contribution in [0.2, 0.25) is 0 Å². The summed E-state index contributed by atoms with van der Waals surface area (Å²) in [5.74, 6) is 2.82. The molecule has 0 aliphatic rings. The lowest BCUT2D eigenvalue weighted by atomic mass is 10.2. The van der Waals surface area contributed by atoms with E-state index in [9.17, 15) is 0 Å². The van der Waals surface area contributed by atoms with Crippen LogP contribution in [-0.2, 0) is 6.54 Å². The molecule has 0 N–H and O–H groups in total. The maximum atomic E-state index is 5.69. The normalized spacial score (nSPS) is 10.8. The van der Waals surface area contributed by atoms with Crippen LogP contribution in [-0.4, -0.2) is 42.3 Å². The number of hydrogen-bond acceptors (Lipinski definition) is 6. The van der Waals surface area contributed by atoms with Gasteiger partial charge in [-0.1, -0.05) is 23.4 Å². The van der Waals surface area contributed by atoms with Gasteiger partial charge in [0.2, 0.25) is 11.7 Å². The van der Waals surface area contributed by atoms with Crippen molar-refractivity contribution in [2.45, 2.75) is 6.54 Å². The standard InChI is InChI=1S/C19H21N3O3/c1-22(12-13-24-17-6-4-3-5-7-17)14-18-20-19(21-25-18)15-8-10-16(23-2)11-9-15/h3-11H,12-14H2,1-2H3. The molecule has 6 heteroatoms. The van der Waals surface area contributed by atoms with Crippen LogP contribution in [0.25, 0.3) is 11.4 Å². The van der Waals surface area contributed by atoms with E-state index in [1.807, 2.05) is 61.6 Å². The first-order chi connectivity index (χ1) is 12.2. The molecule has 0 saturated heterocycles.